The maximum absolute atomic E-state index is 14.0. The van der Waals surface area contributed by atoms with E-state index in [-0.39, 0.29) is 18.8 Å². The van der Waals surface area contributed by atoms with Crippen molar-refractivity contribution in [2.45, 2.75) is 38.0 Å². The van der Waals surface area contributed by atoms with Gasteiger partial charge in [0.15, 0.2) is 0 Å². The van der Waals surface area contributed by atoms with Gasteiger partial charge in [0.25, 0.3) is 0 Å². The summed E-state index contributed by atoms with van der Waals surface area (Å²) in [4.78, 5) is 10.6. The Hall–Kier alpha value is -1.73. The lowest BCUT2D eigenvalue weighted by Gasteiger charge is -2.31. The lowest BCUT2D eigenvalue weighted by atomic mass is 9.82. The lowest BCUT2D eigenvalue weighted by molar-refractivity contribution is -0.223. The number of aldehydes is 1. The average molecular weight is 340 g/mol. The minimum atomic E-state index is -4.90. The number of carbonyl (C=O) groups is 1. The van der Waals surface area contributed by atoms with Crippen molar-refractivity contribution in [3.63, 3.8) is 0 Å². The molecule has 0 spiro atoms. The molecule has 0 unspecified atom stereocenters. The molecule has 1 aliphatic rings. The fourth-order valence-electron chi connectivity index (χ4n) is 2.62. The quantitative estimate of drug-likeness (QED) is 0.580. The molecular formula is C15H14F6O2. The van der Waals surface area contributed by atoms with E-state index in [1.54, 1.807) is 0 Å². The number of ether oxygens (including phenoxy) is 1. The Labute approximate surface area is 128 Å². The summed E-state index contributed by atoms with van der Waals surface area (Å²) in [6.07, 6.45) is -7.11. The van der Waals surface area contributed by atoms with Crippen LogP contribution in [0, 0.1) is 17.7 Å². The van der Waals surface area contributed by atoms with Crippen molar-refractivity contribution in [3.8, 4) is 5.75 Å². The topological polar surface area (TPSA) is 26.3 Å². The van der Waals surface area contributed by atoms with E-state index in [9.17, 15) is 31.1 Å². The standard InChI is InChI=1S/C15H14F6O2/c16-13-7-11(5-6-12(13)14(17,18)19)23-15(20,21)10-3-1-9(8-22)2-4-10/h5-10H,1-4H2. The second kappa shape index (κ2) is 6.41. The zero-order valence-electron chi connectivity index (χ0n) is 11.9. The highest BCUT2D eigenvalue weighted by atomic mass is 19.4. The Morgan fingerprint density at radius 3 is 2.13 bits per heavy atom. The van der Waals surface area contributed by atoms with Crippen LogP contribution in [0.1, 0.15) is 31.2 Å². The molecule has 1 saturated carbocycles. The predicted molar refractivity (Wildman–Crippen MR) is 68.5 cm³/mol. The van der Waals surface area contributed by atoms with Gasteiger partial charge < -0.3 is 9.53 Å². The van der Waals surface area contributed by atoms with Gasteiger partial charge in [-0.1, -0.05) is 0 Å². The number of hydrogen-bond donors (Lipinski definition) is 0. The van der Waals surface area contributed by atoms with Crippen LogP contribution in [0.4, 0.5) is 26.3 Å². The average Bonchev–Trinajstić information content (AvgIpc) is 2.45. The SMILES string of the molecule is O=CC1CCC(C(F)(F)Oc2ccc(C(F)(F)F)c(F)c2)CC1. The largest absolute Gasteiger partial charge is 0.432 e. The summed E-state index contributed by atoms with van der Waals surface area (Å²) >= 11 is 0. The van der Waals surface area contributed by atoms with E-state index in [0.717, 1.165) is 6.29 Å². The van der Waals surface area contributed by atoms with Crippen LogP contribution >= 0.6 is 0 Å². The second-order valence-electron chi connectivity index (χ2n) is 5.55. The Balaban J connectivity index is 2.09. The smallest absolute Gasteiger partial charge is 0.419 e. The van der Waals surface area contributed by atoms with Crippen LogP contribution in [0.2, 0.25) is 0 Å². The molecule has 0 amide bonds. The van der Waals surface area contributed by atoms with Gasteiger partial charge in [-0.2, -0.15) is 22.0 Å². The Morgan fingerprint density at radius 2 is 1.65 bits per heavy atom. The molecule has 2 rings (SSSR count). The number of alkyl halides is 5. The summed E-state index contributed by atoms with van der Waals surface area (Å²) in [7, 11) is 0. The van der Waals surface area contributed by atoms with E-state index >= 15 is 0 Å². The third-order valence-corrected chi connectivity index (χ3v) is 3.94. The van der Waals surface area contributed by atoms with Gasteiger partial charge in [0, 0.05) is 12.0 Å². The maximum Gasteiger partial charge on any atom is 0.419 e. The summed E-state index contributed by atoms with van der Waals surface area (Å²) in [6, 6.07) is 1.33. The molecule has 1 aromatic rings. The Kier molecular flexibility index (Phi) is 4.91. The van der Waals surface area contributed by atoms with Crippen LogP contribution in [0.5, 0.6) is 5.75 Å². The van der Waals surface area contributed by atoms with Gasteiger partial charge >= 0.3 is 12.3 Å². The predicted octanol–water partition coefficient (Wildman–Crippen LogP) is 4.82. The summed E-state index contributed by atoms with van der Waals surface area (Å²) in [5.74, 6) is -3.76. The summed E-state index contributed by atoms with van der Waals surface area (Å²) in [5, 5.41) is 0. The number of halogens is 6. The molecule has 23 heavy (non-hydrogen) atoms. The van der Waals surface area contributed by atoms with Crippen molar-refractivity contribution in [3.05, 3.63) is 29.6 Å². The Morgan fingerprint density at radius 1 is 1.04 bits per heavy atom. The summed E-state index contributed by atoms with van der Waals surface area (Å²) < 4.78 is 83.1. The molecule has 1 aliphatic carbocycles. The van der Waals surface area contributed by atoms with Crippen LogP contribution < -0.4 is 4.74 Å². The third kappa shape index (κ3) is 4.17. The first kappa shape index (κ1) is 17.6. The van der Waals surface area contributed by atoms with Crippen molar-refractivity contribution in [1.82, 2.24) is 0 Å². The highest BCUT2D eigenvalue weighted by Crippen LogP contribution is 2.40. The zero-order chi connectivity index (χ0) is 17.3. The number of hydrogen-bond acceptors (Lipinski definition) is 2. The van der Waals surface area contributed by atoms with Crippen molar-refractivity contribution < 1.29 is 35.9 Å². The molecule has 0 N–H and O–H groups in total. The highest BCUT2D eigenvalue weighted by molar-refractivity contribution is 5.53. The molecule has 128 valence electrons. The minimum Gasteiger partial charge on any atom is -0.432 e. The molecule has 0 heterocycles. The van der Waals surface area contributed by atoms with Crippen LogP contribution in [0.3, 0.4) is 0 Å². The number of carbonyl (C=O) groups excluding carboxylic acids is 1. The number of rotatable bonds is 4. The third-order valence-electron chi connectivity index (χ3n) is 3.94. The van der Waals surface area contributed by atoms with Gasteiger partial charge in [-0.3, -0.25) is 0 Å². The van der Waals surface area contributed by atoms with Gasteiger partial charge in [0.05, 0.1) is 11.5 Å². The molecule has 0 aromatic heterocycles. The van der Waals surface area contributed by atoms with Gasteiger partial charge in [-0.25, -0.2) is 4.39 Å². The fourth-order valence-corrected chi connectivity index (χ4v) is 2.62. The van der Waals surface area contributed by atoms with Crippen molar-refractivity contribution in [2.24, 2.45) is 11.8 Å². The molecule has 0 aliphatic heterocycles. The van der Waals surface area contributed by atoms with Crippen molar-refractivity contribution in [2.75, 3.05) is 0 Å². The van der Waals surface area contributed by atoms with E-state index in [1.807, 2.05) is 0 Å². The monoisotopic (exact) mass is 340 g/mol. The zero-order valence-corrected chi connectivity index (χ0v) is 11.9. The molecule has 0 bridgehead atoms. The van der Waals surface area contributed by atoms with Gasteiger partial charge in [-0.15, -0.1) is 0 Å². The van der Waals surface area contributed by atoms with Gasteiger partial charge in [0.1, 0.15) is 17.9 Å². The summed E-state index contributed by atoms with van der Waals surface area (Å²) in [6.45, 7) is 0. The molecule has 1 fully saturated rings. The lowest BCUT2D eigenvalue weighted by Crippen LogP contribution is -2.37. The van der Waals surface area contributed by atoms with Crippen LogP contribution in [-0.4, -0.2) is 12.4 Å². The molecule has 1 aromatic carbocycles. The van der Waals surface area contributed by atoms with E-state index in [0.29, 0.717) is 31.0 Å². The molecular weight excluding hydrogens is 326 g/mol. The first-order chi connectivity index (χ1) is 10.6. The minimum absolute atomic E-state index is 0.0551. The van der Waals surface area contributed by atoms with Crippen LogP contribution in [0.15, 0.2) is 18.2 Å². The molecule has 2 nitrogen and oxygen atoms in total. The van der Waals surface area contributed by atoms with Crippen molar-refractivity contribution >= 4 is 6.29 Å². The first-order valence-corrected chi connectivity index (χ1v) is 7.02. The molecule has 0 radical (unpaired) electrons. The number of benzene rings is 1. The van der Waals surface area contributed by atoms with E-state index in [1.165, 1.54) is 0 Å². The highest BCUT2D eigenvalue weighted by Gasteiger charge is 2.44. The van der Waals surface area contributed by atoms with E-state index < -0.39 is 35.3 Å². The molecule has 0 atom stereocenters. The van der Waals surface area contributed by atoms with Crippen LogP contribution in [-0.2, 0) is 11.0 Å². The molecule has 0 saturated heterocycles. The Bertz CT molecular complexity index is 562. The van der Waals surface area contributed by atoms with Crippen LogP contribution in [0.25, 0.3) is 0 Å². The van der Waals surface area contributed by atoms with Gasteiger partial charge in [-0.05, 0) is 37.8 Å². The maximum atomic E-state index is 14.0. The van der Waals surface area contributed by atoms with E-state index in [2.05, 4.69) is 4.74 Å². The van der Waals surface area contributed by atoms with Gasteiger partial charge in [0.2, 0.25) is 0 Å². The summed E-state index contributed by atoms with van der Waals surface area (Å²) in [5.41, 5.74) is -1.54. The van der Waals surface area contributed by atoms with Crippen molar-refractivity contribution in [1.29, 1.82) is 0 Å². The normalized spacial score (nSPS) is 22.7. The first-order valence-electron chi connectivity index (χ1n) is 7.02. The van der Waals surface area contributed by atoms with E-state index in [4.69, 9.17) is 0 Å². The second-order valence-corrected chi connectivity index (χ2v) is 5.55. The molecule has 8 heteroatoms. The fraction of sp³-hybridized carbons (Fsp3) is 0.533.